The number of amides is 1. The SMILES string of the molecule is CNC(C(=O)Nc1nc(-c2ccc3c(c2)CCC3)cs1)c1cnn(C)c1.Cl. The van der Waals surface area contributed by atoms with Crippen LogP contribution in [0.5, 0.6) is 0 Å². The first-order valence-electron chi connectivity index (χ1n) is 8.68. The summed E-state index contributed by atoms with van der Waals surface area (Å²) in [4.78, 5) is 17.2. The Labute approximate surface area is 168 Å². The summed E-state index contributed by atoms with van der Waals surface area (Å²) in [6, 6.07) is 6.09. The zero-order chi connectivity index (χ0) is 18.1. The molecule has 1 aliphatic rings. The van der Waals surface area contributed by atoms with Crippen molar-refractivity contribution in [1.29, 1.82) is 0 Å². The maximum atomic E-state index is 12.6. The van der Waals surface area contributed by atoms with Crippen molar-refractivity contribution in [3.8, 4) is 11.3 Å². The fourth-order valence-corrected chi connectivity index (χ4v) is 4.13. The Kier molecular flexibility index (Phi) is 5.94. The second-order valence-electron chi connectivity index (χ2n) is 6.53. The van der Waals surface area contributed by atoms with Gasteiger partial charge in [-0.25, -0.2) is 4.98 Å². The van der Waals surface area contributed by atoms with Gasteiger partial charge in [-0.05, 0) is 43.5 Å². The van der Waals surface area contributed by atoms with Crippen LogP contribution in [0.25, 0.3) is 11.3 Å². The molecule has 27 heavy (non-hydrogen) atoms. The molecule has 1 amide bonds. The summed E-state index contributed by atoms with van der Waals surface area (Å²) in [6.07, 6.45) is 7.08. The van der Waals surface area contributed by atoms with Crippen molar-refractivity contribution in [2.45, 2.75) is 25.3 Å². The average Bonchev–Trinajstić information content (AvgIpc) is 3.36. The van der Waals surface area contributed by atoms with Gasteiger partial charge in [0.05, 0.1) is 11.9 Å². The Hall–Kier alpha value is -2.22. The van der Waals surface area contributed by atoms with Crippen LogP contribution in [0.15, 0.2) is 36.0 Å². The quantitative estimate of drug-likeness (QED) is 0.685. The van der Waals surface area contributed by atoms with Crippen LogP contribution in [-0.4, -0.2) is 27.7 Å². The molecule has 2 heterocycles. The highest BCUT2D eigenvalue weighted by molar-refractivity contribution is 7.14. The first kappa shape index (κ1) is 19.5. The van der Waals surface area contributed by atoms with Crippen LogP contribution in [0, 0.1) is 0 Å². The van der Waals surface area contributed by atoms with E-state index < -0.39 is 6.04 Å². The number of carbonyl (C=O) groups excluding carboxylic acids is 1. The van der Waals surface area contributed by atoms with Crippen molar-refractivity contribution in [3.05, 3.63) is 52.7 Å². The van der Waals surface area contributed by atoms with Crippen molar-refractivity contribution < 1.29 is 4.79 Å². The summed E-state index contributed by atoms with van der Waals surface area (Å²) in [7, 11) is 3.59. The molecule has 2 aromatic heterocycles. The van der Waals surface area contributed by atoms with Crippen LogP contribution in [0.4, 0.5) is 5.13 Å². The number of anilines is 1. The van der Waals surface area contributed by atoms with Crippen molar-refractivity contribution in [2.24, 2.45) is 7.05 Å². The second-order valence-corrected chi connectivity index (χ2v) is 7.39. The molecule has 1 aliphatic carbocycles. The fraction of sp³-hybridized carbons (Fsp3) is 0.316. The van der Waals surface area contributed by atoms with E-state index in [2.05, 4.69) is 38.9 Å². The Morgan fingerprint density at radius 2 is 2.11 bits per heavy atom. The van der Waals surface area contributed by atoms with Gasteiger partial charge >= 0.3 is 0 Å². The minimum atomic E-state index is -0.462. The summed E-state index contributed by atoms with van der Waals surface area (Å²) >= 11 is 1.44. The van der Waals surface area contributed by atoms with E-state index in [1.54, 1.807) is 17.9 Å². The smallest absolute Gasteiger partial charge is 0.247 e. The van der Waals surface area contributed by atoms with Crippen molar-refractivity contribution in [3.63, 3.8) is 0 Å². The summed E-state index contributed by atoms with van der Waals surface area (Å²) in [6.45, 7) is 0. The van der Waals surface area contributed by atoms with Crippen LogP contribution in [0.3, 0.4) is 0 Å². The highest BCUT2D eigenvalue weighted by Gasteiger charge is 2.21. The molecule has 0 spiro atoms. The minimum Gasteiger partial charge on any atom is -0.305 e. The normalized spacial score (nSPS) is 13.7. The lowest BCUT2D eigenvalue weighted by atomic mass is 10.1. The molecule has 6 nitrogen and oxygen atoms in total. The number of aromatic nitrogens is 3. The van der Waals surface area contributed by atoms with Gasteiger partial charge in [0.15, 0.2) is 5.13 Å². The van der Waals surface area contributed by atoms with E-state index in [-0.39, 0.29) is 18.3 Å². The molecule has 1 atom stereocenters. The molecule has 0 saturated carbocycles. The molecule has 8 heteroatoms. The molecule has 142 valence electrons. The zero-order valence-corrected chi connectivity index (χ0v) is 16.9. The molecular weight excluding hydrogens is 382 g/mol. The fourth-order valence-electron chi connectivity index (χ4n) is 3.41. The van der Waals surface area contributed by atoms with Crippen LogP contribution in [0.1, 0.15) is 29.2 Å². The van der Waals surface area contributed by atoms with Gasteiger partial charge in [0.1, 0.15) is 6.04 Å². The van der Waals surface area contributed by atoms with E-state index in [0.29, 0.717) is 5.13 Å². The third-order valence-electron chi connectivity index (χ3n) is 4.74. The van der Waals surface area contributed by atoms with Crippen LogP contribution >= 0.6 is 23.7 Å². The van der Waals surface area contributed by atoms with Gasteiger partial charge in [-0.2, -0.15) is 5.10 Å². The second kappa shape index (κ2) is 8.21. The van der Waals surface area contributed by atoms with E-state index in [1.165, 1.54) is 35.3 Å². The number of benzene rings is 1. The third-order valence-corrected chi connectivity index (χ3v) is 5.50. The molecule has 0 bridgehead atoms. The largest absolute Gasteiger partial charge is 0.305 e. The summed E-state index contributed by atoms with van der Waals surface area (Å²) in [5.74, 6) is -0.143. The minimum absolute atomic E-state index is 0. The number of halogens is 1. The first-order valence-corrected chi connectivity index (χ1v) is 9.56. The number of hydrogen-bond donors (Lipinski definition) is 2. The molecule has 1 unspecified atom stereocenters. The molecule has 0 saturated heterocycles. The Bertz CT molecular complexity index is 951. The van der Waals surface area contributed by atoms with Gasteiger partial charge in [-0.1, -0.05) is 12.1 Å². The molecule has 2 N–H and O–H groups in total. The molecular formula is C19H22ClN5OS. The summed E-state index contributed by atoms with van der Waals surface area (Å²) in [5.41, 5.74) is 5.71. The van der Waals surface area contributed by atoms with Gasteiger partial charge in [0, 0.05) is 29.8 Å². The Balaban J connectivity index is 0.00000210. The van der Waals surface area contributed by atoms with Crippen LogP contribution in [0.2, 0.25) is 0 Å². The number of likely N-dealkylation sites (N-methyl/N-ethyl adjacent to an activating group) is 1. The van der Waals surface area contributed by atoms with Crippen molar-refractivity contribution >= 4 is 34.8 Å². The maximum Gasteiger partial charge on any atom is 0.247 e. The predicted octanol–water partition coefficient (Wildman–Crippen LogP) is 3.35. The Morgan fingerprint density at radius 1 is 1.30 bits per heavy atom. The van der Waals surface area contributed by atoms with E-state index in [4.69, 9.17) is 0 Å². The number of rotatable bonds is 5. The number of aryl methyl sites for hydroxylation is 3. The summed E-state index contributed by atoms with van der Waals surface area (Å²) < 4.78 is 1.68. The lowest BCUT2D eigenvalue weighted by Crippen LogP contribution is -2.30. The first-order chi connectivity index (χ1) is 12.6. The highest BCUT2D eigenvalue weighted by atomic mass is 35.5. The van der Waals surface area contributed by atoms with E-state index in [9.17, 15) is 4.79 Å². The maximum absolute atomic E-state index is 12.6. The monoisotopic (exact) mass is 403 g/mol. The third kappa shape index (κ3) is 4.05. The number of hydrogen-bond acceptors (Lipinski definition) is 5. The van der Waals surface area contributed by atoms with Crippen molar-refractivity contribution in [2.75, 3.05) is 12.4 Å². The van der Waals surface area contributed by atoms with Gasteiger partial charge in [0.25, 0.3) is 0 Å². The van der Waals surface area contributed by atoms with Gasteiger partial charge in [-0.15, -0.1) is 23.7 Å². The highest BCUT2D eigenvalue weighted by Crippen LogP contribution is 2.30. The van der Waals surface area contributed by atoms with Gasteiger partial charge in [-0.3, -0.25) is 9.48 Å². The molecule has 1 aromatic carbocycles. The van der Waals surface area contributed by atoms with Crippen molar-refractivity contribution in [1.82, 2.24) is 20.1 Å². The molecule has 0 radical (unpaired) electrons. The molecule has 4 rings (SSSR count). The number of nitrogens with one attached hydrogen (secondary N) is 2. The van der Waals surface area contributed by atoms with E-state index in [0.717, 1.165) is 23.2 Å². The Morgan fingerprint density at radius 3 is 2.85 bits per heavy atom. The van der Waals surface area contributed by atoms with Crippen LogP contribution in [-0.2, 0) is 24.7 Å². The van der Waals surface area contributed by atoms with E-state index in [1.807, 2.05) is 18.6 Å². The molecule has 0 fully saturated rings. The van der Waals surface area contributed by atoms with Crippen LogP contribution < -0.4 is 10.6 Å². The standard InChI is InChI=1S/C19H21N5OS.ClH/c1-20-17(15-9-21-24(2)10-15)18(25)23-19-22-16(11-26-19)14-7-6-12-4-3-5-13(12)8-14;/h6-11,17,20H,3-5H2,1-2H3,(H,22,23,25);1H. The number of carbonyl (C=O) groups is 1. The van der Waals surface area contributed by atoms with E-state index >= 15 is 0 Å². The lowest BCUT2D eigenvalue weighted by molar-refractivity contribution is -0.118. The average molecular weight is 404 g/mol. The topological polar surface area (TPSA) is 71.8 Å². The summed E-state index contributed by atoms with van der Waals surface area (Å²) in [5, 5.41) is 12.7. The molecule has 3 aromatic rings. The molecule has 0 aliphatic heterocycles. The predicted molar refractivity (Wildman–Crippen MR) is 110 cm³/mol. The number of nitrogens with zero attached hydrogens (tertiary/aromatic N) is 3. The van der Waals surface area contributed by atoms with Gasteiger partial charge in [0.2, 0.25) is 5.91 Å². The lowest BCUT2D eigenvalue weighted by Gasteiger charge is -2.13. The number of fused-ring (bicyclic) bond motifs is 1. The zero-order valence-electron chi connectivity index (χ0n) is 15.2. The van der Waals surface area contributed by atoms with Gasteiger partial charge < -0.3 is 10.6 Å². The number of thiazole rings is 1.